The van der Waals surface area contributed by atoms with Crippen LogP contribution < -0.4 is 14.8 Å². The molecule has 10 N–H and O–H groups in total. The Bertz CT molecular complexity index is 1490. The van der Waals surface area contributed by atoms with Crippen molar-refractivity contribution in [3.05, 3.63) is 65.7 Å². The zero-order valence-corrected chi connectivity index (χ0v) is 29.6. The number of ether oxygens (including phenoxy) is 7. The van der Waals surface area contributed by atoms with Gasteiger partial charge < -0.3 is 84.4 Å². The van der Waals surface area contributed by atoms with Crippen LogP contribution in [0.2, 0.25) is 0 Å². The Balaban J connectivity index is 1.29. The molecule has 5 rings (SSSR count). The largest absolute Gasteiger partial charge is 0.497 e. The van der Waals surface area contributed by atoms with Gasteiger partial charge in [0.1, 0.15) is 72.5 Å². The van der Waals surface area contributed by atoms with Gasteiger partial charge in [-0.15, -0.1) is 0 Å². The van der Waals surface area contributed by atoms with Crippen LogP contribution in [-0.4, -0.2) is 171 Å². The van der Waals surface area contributed by atoms with Gasteiger partial charge in [-0.2, -0.15) is 0 Å². The zero-order chi connectivity index (χ0) is 39.1. The minimum Gasteiger partial charge on any atom is -0.497 e. The van der Waals surface area contributed by atoms with Crippen LogP contribution >= 0.6 is 0 Å². The third kappa shape index (κ3) is 9.91. The van der Waals surface area contributed by atoms with Gasteiger partial charge in [0.2, 0.25) is 12.2 Å². The van der Waals surface area contributed by atoms with Crippen LogP contribution in [0.25, 0.3) is 6.08 Å². The van der Waals surface area contributed by atoms with Gasteiger partial charge in [0.15, 0.2) is 18.7 Å². The summed E-state index contributed by atoms with van der Waals surface area (Å²) in [7, 11) is 1.57. The van der Waals surface area contributed by atoms with E-state index < -0.39 is 105 Å². The van der Waals surface area contributed by atoms with Crippen molar-refractivity contribution in [2.45, 2.75) is 105 Å². The van der Waals surface area contributed by atoms with Crippen LogP contribution in [-0.2, 0) is 34.9 Å². The molecule has 3 fully saturated rings. The maximum atomic E-state index is 12.3. The van der Waals surface area contributed by atoms with E-state index in [4.69, 9.17) is 33.2 Å². The lowest BCUT2D eigenvalue weighted by Crippen LogP contribution is -2.67. The van der Waals surface area contributed by atoms with E-state index in [0.717, 1.165) is 11.1 Å². The van der Waals surface area contributed by atoms with Crippen LogP contribution in [0.1, 0.15) is 18.1 Å². The van der Waals surface area contributed by atoms with Crippen molar-refractivity contribution in [2.75, 3.05) is 26.9 Å². The molecule has 0 unspecified atom stereocenters. The normalized spacial score (nSPS) is 37.2. The van der Waals surface area contributed by atoms with Gasteiger partial charge in [0.25, 0.3) is 0 Å². The zero-order valence-electron chi connectivity index (χ0n) is 29.6. The van der Waals surface area contributed by atoms with Crippen LogP contribution in [0.15, 0.2) is 54.6 Å². The van der Waals surface area contributed by atoms with Gasteiger partial charge >= 0.3 is 0 Å². The smallest absolute Gasteiger partial charge is 0.244 e. The third-order valence-corrected chi connectivity index (χ3v) is 9.47. The molecule has 1 amide bonds. The second-order valence-electron chi connectivity index (χ2n) is 13.2. The number of aliphatic hydroxyl groups is 9. The molecule has 0 aliphatic carbocycles. The third-order valence-electron chi connectivity index (χ3n) is 9.47. The lowest BCUT2D eigenvalue weighted by Gasteiger charge is -2.48. The molecule has 54 heavy (non-hydrogen) atoms. The first kappa shape index (κ1) is 41.8. The van der Waals surface area contributed by atoms with Crippen LogP contribution in [0.3, 0.4) is 0 Å². The number of carbonyl (C=O) groups is 1. The number of aliphatic hydroxyl groups excluding tert-OH is 9. The molecule has 300 valence electrons. The van der Waals surface area contributed by atoms with Gasteiger partial charge in [-0.3, -0.25) is 4.79 Å². The monoisotopic (exact) mass is 767 g/mol. The fourth-order valence-electron chi connectivity index (χ4n) is 6.19. The summed E-state index contributed by atoms with van der Waals surface area (Å²) in [5.74, 6) is 0.675. The highest BCUT2D eigenvalue weighted by Crippen LogP contribution is 2.34. The molecule has 2 aromatic carbocycles. The van der Waals surface area contributed by atoms with E-state index in [-0.39, 0.29) is 11.7 Å². The molecule has 0 aromatic heterocycles. The summed E-state index contributed by atoms with van der Waals surface area (Å²) in [6.07, 6.45) is -20.5. The van der Waals surface area contributed by atoms with Crippen molar-refractivity contribution >= 4 is 12.0 Å². The fraction of sp³-hybridized carbons (Fsp3) is 0.583. The molecule has 15 atom stereocenters. The van der Waals surface area contributed by atoms with Crippen molar-refractivity contribution in [2.24, 2.45) is 0 Å². The summed E-state index contributed by atoms with van der Waals surface area (Å²) in [5.41, 5.74) is 1.67. The number of hydrogen-bond donors (Lipinski definition) is 10. The Kier molecular flexibility index (Phi) is 14.7. The molecule has 0 spiro atoms. The molecule has 2 aromatic rings. The Morgan fingerprint density at radius 2 is 1.22 bits per heavy atom. The lowest BCUT2D eigenvalue weighted by molar-refractivity contribution is -0.382. The van der Waals surface area contributed by atoms with Gasteiger partial charge in [0.05, 0.1) is 26.4 Å². The topological polar surface area (TPSA) is 276 Å². The van der Waals surface area contributed by atoms with Crippen molar-refractivity contribution in [3.63, 3.8) is 0 Å². The van der Waals surface area contributed by atoms with E-state index >= 15 is 0 Å². The highest BCUT2D eigenvalue weighted by Gasteiger charge is 2.54. The quantitative estimate of drug-likeness (QED) is 0.0854. The summed E-state index contributed by atoms with van der Waals surface area (Å²) in [6.45, 7) is 0.308. The molecule has 0 saturated carbocycles. The van der Waals surface area contributed by atoms with Crippen LogP contribution in [0.4, 0.5) is 0 Å². The SMILES string of the molecule is COc1ccc(/C=C/C(=O)NCCc2ccc(O[C@@H]3O[C@@H](C)[C@H](O)[C@@H](O[C@@H]4O[C@H](CO)[C@@H](O)[C@H](O)[C@H]4O)[C@H]3O[C@@H]3O[C@H](CO)[C@@H](O)[C@H](O)[C@H]3O)cc2)cc1. The first-order valence-corrected chi connectivity index (χ1v) is 17.5. The fourth-order valence-corrected chi connectivity index (χ4v) is 6.19. The first-order valence-electron chi connectivity index (χ1n) is 17.5. The molecule has 0 radical (unpaired) electrons. The average Bonchev–Trinajstić information content (AvgIpc) is 3.18. The van der Waals surface area contributed by atoms with Crippen molar-refractivity contribution in [1.29, 1.82) is 0 Å². The van der Waals surface area contributed by atoms with E-state index in [9.17, 15) is 50.8 Å². The van der Waals surface area contributed by atoms with Gasteiger partial charge in [-0.05, 0) is 54.8 Å². The molecule has 3 saturated heterocycles. The highest BCUT2D eigenvalue weighted by molar-refractivity contribution is 5.91. The minimum atomic E-state index is -1.87. The summed E-state index contributed by atoms with van der Waals surface area (Å²) in [6, 6.07) is 13.9. The van der Waals surface area contributed by atoms with Crippen molar-refractivity contribution < 1.29 is 83.9 Å². The Morgan fingerprint density at radius 3 is 1.76 bits per heavy atom. The van der Waals surface area contributed by atoms with E-state index in [0.29, 0.717) is 18.7 Å². The number of benzene rings is 2. The van der Waals surface area contributed by atoms with E-state index in [1.165, 1.54) is 13.0 Å². The first-order chi connectivity index (χ1) is 25.8. The Morgan fingerprint density at radius 1 is 0.685 bits per heavy atom. The van der Waals surface area contributed by atoms with E-state index in [2.05, 4.69) is 5.32 Å². The molecule has 3 aliphatic heterocycles. The number of amides is 1. The minimum absolute atomic E-state index is 0.243. The molecule has 3 aliphatic rings. The van der Waals surface area contributed by atoms with Crippen LogP contribution in [0, 0.1) is 0 Å². The maximum Gasteiger partial charge on any atom is 0.244 e. The summed E-state index contributed by atoms with van der Waals surface area (Å²) < 4.78 is 40.2. The van der Waals surface area contributed by atoms with E-state index in [1.54, 1.807) is 49.6 Å². The van der Waals surface area contributed by atoms with Crippen molar-refractivity contribution in [1.82, 2.24) is 5.32 Å². The molecular formula is C36H49NO17. The summed E-state index contributed by atoms with van der Waals surface area (Å²) in [4.78, 5) is 12.3. The van der Waals surface area contributed by atoms with Crippen LogP contribution in [0.5, 0.6) is 11.5 Å². The van der Waals surface area contributed by atoms with Gasteiger partial charge in [-0.25, -0.2) is 0 Å². The van der Waals surface area contributed by atoms with Crippen molar-refractivity contribution in [3.8, 4) is 11.5 Å². The Labute approximate surface area is 310 Å². The molecule has 18 heteroatoms. The summed E-state index contributed by atoms with van der Waals surface area (Å²) in [5, 5.41) is 96.1. The second kappa shape index (κ2) is 19.0. The maximum absolute atomic E-state index is 12.3. The molecule has 3 heterocycles. The van der Waals surface area contributed by atoms with E-state index in [1.807, 2.05) is 12.1 Å². The predicted molar refractivity (Wildman–Crippen MR) is 183 cm³/mol. The Hall–Kier alpha value is -3.31. The molecular weight excluding hydrogens is 718 g/mol. The number of nitrogens with one attached hydrogen (secondary N) is 1. The molecule has 18 nitrogen and oxygen atoms in total. The lowest BCUT2D eigenvalue weighted by atomic mass is 9.96. The van der Waals surface area contributed by atoms with Gasteiger partial charge in [0, 0.05) is 12.6 Å². The number of methoxy groups -OCH3 is 1. The van der Waals surface area contributed by atoms with Gasteiger partial charge in [-0.1, -0.05) is 24.3 Å². The average molecular weight is 768 g/mol. The number of hydrogen-bond acceptors (Lipinski definition) is 17. The predicted octanol–water partition coefficient (Wildman–Crippen LogP) is -3.08. The summed E-state index contributed by atoms with van der Waals surface area (Å²) >= 11 is 0. The number of carbonyl (C=O) groups excluding carboxylic acids is 1. The highest BCUT2D eigenvalue weighted by atomic mass is 16.8. The molecule has 0 bridgehead atoms. The second-order valence-corrected chi connectivity index (χ2v) is 13.2. The number of rotatable bonds is 14. The standard InChI is InChI=1S/C36H49NO17/c1-17-25(41)32(53-34-30(46)28(44)26(42)22(15-38)51-34)33(54-35-31(47)29(45)27(43)23(16-39)52-35)36(49-17)50-21-10-5-19(6-11-21)13-14-37-24(40)12-7-18-3-8-20(48-2)9-4-18/h3-12,17,22-23,25-36,38-39,41-47H,13-16H2,1-2H3,(H,37,40)/b12-7+/t17-,22+,23+,25-,26+,27+,28-,29-,30+,31+,32+,33+,34-,35-,36-/m0/s1.